The molecule has 1 saturated heterocycles. The fourth-order valence-electron chi connectivity index (χ4n) is 2.19. The largest absolute Gasteiger partial charge is 0.463 e. The van der Waals surface area contributed by atoms with Crippen LogP contribution in [0.25, 0.3) is 0 Å². The topological polar surface area (TPSA) is 28.4 Å². The van der Waals surface area contributed by atoms with E-state index in [4.69, 9.17) is 4.42 Å². The summed E-state index contributed by atoms with van der Waals surface area (Å²) in [5.74, 6) is 2.16. The van der Waals surface area contributed by atoms with Crippen LogP contribution in [0.3, 0.4) is 0 Å². The van der Waals surface area contributed by atoms with Gasteiger partial charge in [0.15, 0.2) is 0 Å². The van der Waals surface area contributed by atoms with Crippen molar-refractivity contribution >= 4 is 0 Å². The molecule has 0 saturated carbocycles. The van der Waals surface area contributed by atoms with Crippen molar-refractivity contribution in [2.75, 3.05) is 19.6 Å². The number of nitrogens with one attached hydrogen (secondary N) is 1. The highest BCUT2D eigenvalue weighted by atomic mass is 16.3. The van der Waals surface area contributed by atoms with Crippen LogP contribution in [0.4, 0.5) is 0 Å². The molecule has 1 aliphatic heterocycles. The second kappa shape index (κ2) is 6.06. The Bertz CT molecular complexity index is 303. The Morgan fingerprint density at radius 1 is 1.19 bits per heavy atom. The van der Waals surface area contributed by atoms with E-state index in [-0.39, 0.29) is 0 Å². The van der Waals surface area contributed by atoms with E-state index in [1.165, 1.54) is 32.4 Å². The number of hydrogen-bond acceptors (Lipinski definition) is 3. The van der Waals surface area contributed by atoms with Crippen molar-refractivity contribution in [2.24, 2.45) is 0 Å². The third-order valence-corrected chi connectivity index (χ3v) is 3.09. The average molecular weight is 222 g/mol. The molecule has 2 rings (SSSR count). The lowest BCUT2D eigenvalue weighted by Crippen LogP contribution is -2.28. The van der Waals surface area contributed by atoms with Crippen molar-refractivity contribution < 1.29 is 4.42 Å². The maximum absolute atomic E-state index is 5.78. The average Bonchev–Trinajstić information content (AvgIpc) is 2.75. The SMILES string of the molecule is CCNCc1ccc(CN2CCCCC2)o1. The van der Waals surface area contributed by atoms with E-state index in [2.05, 4.69) is 29.3 Å². The van der Waals surface area contributed by atoms with Crippen molar-refractivity contribution in [1.82, 2.24) is 10.2 Å². The minimum absolute atomic E-state index is 0.844. The van der Waals surface area contributed by atoms with Crippen LogP contribution in [-0.2, 0) is 13.1 Å². The molecule has 1 aromatic heterocycles. The summed E-state index contributed by atoms with van der Waals surface area (Å²) in [6, 6.07) is 4.20. The van der Waals surface area contributed by atoms with E-state index >= 15 is 0 Å². The van der Waals surface area contributed by atoms with Crippen molar-refractivity contribution in [3.05, 3.63) is 23.7 Å². The molecule has 0 radical (unpaired) electrons. The standard InChI is InChI=1S/C13H22N2O/c1-2-14-10-12-6-7-13(16-12)11-15-8-4-3-5-9-15/h6-7,14H,2-5,8-11H2,1H3. The summed E-state index contributed by atoms with van der Waals surface area (Å²) < 4.78 is 5.78. The molecule has 16 heavy (non-hydrogen) atoms. The van der Waals surface area contributed by atoms with Crippen LogP contribution >= 0.6 is 0 Å². The summed E-state index contributed by atoms with van der Waals surface area (Å²) in [4.78, 5) is 2.49. The van der Waals surface area contributed by atoms with Gasteiger partial charge in [-0.2, -0.15) is 0 Å². The molecule has 90 valence electrons. The Labute approximate surface area is 97.8 Å². The Hall–Kier alpha value is -0.800. The Balaban J connectivity index is 1.81. The zero-order valence-corrected chi connectivity index (χ0v) is 10.2. The molecular formula is C13H22N2O. The highest BCUT2D eigenvalue weighted by molar-refractivity contribution is 5.07. The highest BCUT2D eigenvalue weighted by Gasteiger charge is 2.12. The molecule has 3 heteroatoms. The van der Waals surface area contributed by atoms with Crippen LogP contribution in [0.1, 0.15) is 37.7 Å². The number of piperidine rings is 1. The first-order valence-corrected chi connectivity index (χ1v) is 6.39. The quantitative estimate of drug-likeness (QED) is 0.829. The minimum atomic E-state index is 0.844. The third-order valence-electron chi connectivity index (χ3n) is 3.09. The van der Waals surface area contributed by atoms with E-state index < -0.39 is 0 Å². The summed E-state index contributed by atoms with van der Waals surface area (Å²) in [5.41, 5.74) is 0. The van der Waals surface area contributed by atoms with E-state index in [1.54, 1.807) is 0 Å². The van der Waals surface area contributed by atoms with Gasteiger partial charge < -0.3 is 9.73 Å². The van der Waals surface area contributed by atoms with Gasteiger partial charge in [0.05, 0.1) is 13.1 Å². The molecule has 0 amide bonds. The minimum Gasteiger partial charge on any atom is -0.463 e. The number of furan rings is 1. The second-order valence-electron chi connectivity index (χ2n) is 4.49. The van der Waals surface area contributed by atoms with E-state index in [1.807, 2.05) is 0 Å². The molecule has 0 atom stereocenters. The van der Waals surface area contributed by atoms with Crippen molar-refractivity contribution in [3.8, 4) is 0 Å². The smallest absolute Gasteiger partial charge is 0.118 e. The van der Waals surface area contributed by atoms with E-state index in [9.17, 15) is 0 Å². The Kier molecular flexibility index (Phi) is 4.43. The lowest BCUT2D eigenvalue weighted by atomic mass is 10.1. The Morgan fingerprint density at radius 2 is 1.94 bits per heavy atom. The molecular weight excluding hydrogens is 200 g/mol. The predicted molar refractivity (Wildman–Crippen MR) is 65.2 cm³/mol. The first kappa shape index (κ1) is 11.7. The summed E-state index contributed by atoms with van der Waals surface area (Å²) in [6.07, 6.45) is 4.07. The molecule has 0 spiro atoms. The molecule has 1 fully saturated rings. The molecule has 3 nitrogen and oxygen atoms in total. The van der Waals surface area contributed by atoms with Crippen LogP contribution in [-0.4, -0.2) is 24.5 Å². The van der Waals surface area contributed by atoms with Crippen molar-refractivity contribution in [3.63, 3.8) is 0 Å². The molecule has 2 heterocycles. The second-order valence-corrected chi connectivity index (χ2v) is 4.49. The molecule has 0 aromatic carbocycles. The zero-order chi connectivity index (χ0) is 11.2. The summed E-state index contributed by atoms with van der Waals surface area (Å²) in [6.45, 7) is 7.37. The van der Waals surface area contributed by atoms with Gasteiger partial charge >= 0.3 is 0 Å². The van der Waals surface area contributed by atoms with Crippen LogP contribution in [0, 0.1) is 0 Å². The fourth-order valence-corrected chi connectivity index (χ4v) is 2.19. The van der Waals surface area contributed by atoms with Crippen LogP contribution in [0.15, 0.2) is 16.5 Å². The molecule has 0 unspecified atom stereocenters. The normalized spacial score (nSPS) is 17.8. The zero-order valence-electron chi connectivity index (χ0n) is 10.2. The molecule has 1 N–H and O–H groups in total. The van der Waals surface area contributed by atoms with Gasteiger partial charge in [0.2, 0.25) is 0 Å². The predicted octanol–water partition coefficient (Wildman–Crippen LogP) is 2.38. The van der Waals surface area contributed by atoms with Crippen molar-refractivity contribution in [2.45, 2.75) is 39.3 Å². The number of hydrogen-bond donors (Lipinski definition) is 1. The molecule has 1 aliphatic rings. The van der Waals surface area contributed by atoms with Gasteiger partial charge in [-0.25, -0.2) is 0 Å². The van der Waals surface area contributed by atoms with Gasteiger partial charge in [0.25, 0.3) is 0 Å². The summed E-state index contributed by atoms with van der Waals surface area (Å²) >= 11 is 0. The third kappa shape index (κ3) is 3.35. The van der Waals surface area contributed by atoms with Gasteiger partial charge in [-0.15, -0.1) is 0 Å². The molecule has 0 bridgehead atoms. The van der Waals surface area contributed by atoms with E-state index in [0.29, 0.717) is 0 Å². The number of likely N-dealkylation sites (tertiary alicyclic amines) is 1. The van der Waals surface area contributed by atoms with Crippen LogP contribution in [0.2, 0.25) is 0 Å². The molecule has 1 aromatic rings. The van der Waals surface area contributed by atoms with Gasteiger partial charge in [0, 0.05) is 0 Å². The Morgan fingerprint density at radius 3 is 2.69 bits per heavy atom. The maximum Gasteiger partial charge on any atom is 0.118 e. The monoisotopic (exact) mass is 222 g/mol. The van der Waals surface area contributed by atoms with Gasteiger partial charge in [-0.1, -0.05) is 13.3 Å². The van der Waals surface area contributed by atoms with Crippen molar-refractivity contribution in [1.29, 1.82) is 0 Å². The summed E-state index contributed by atoms with van der Waals surface area (Å²) in [7, 11) is 0. The summed E-state index contributed by atoms with van der Waals surface area (Å²) in [5, 5.41) is 3.27. The first-order valence-electron chi connectivity index (χ1n) is 6.39. The highest BCUT2D eigenvalue weighted by Crippen LogP contribution is 2.15. The van der Waals surface area contributed by atoms with E-state index in [0.717, 1.165) is 31.2 Å². The van der Waals surface area contributed by atoms with Gasteiger partial charge in [-0.3, -0.25) is 4.90 Å². The molecule has 0 aliphatic carbocycles. The first-order chi connectivity index (χ1) is 7.88. The van der Waals surface area contributed by atoms with Crippen LogP contribution in [0.5, 0.6) is 0 Å². The lowest BCUT2D eigenvalue weighted by Gasteiger charge is -2.25. The number of rotatable bonds is 5. The van der Waals surface area contributed by atoms with Gasteiger partial charge in [-0.05, 0) is 44.6 Å². The lowest BCUT2D eigenvalue weighted by molar-refractivity contribution is 0.203. The van der Waals surface area contributed by atoms with Crippen LogP contribution < -0.4 is 5.32 Å². The fraction of sp³-hybridized carbons (Fsp3) is 0.692. The maximum atomic E-state index is 5.78. The number of nitrogens with zero attached hydrogens (tertiary/aromatic N) is 1. The van der Waals surface area contributed by atoms with Gasteiger partial charge in [0.1, 0.15) is 11.5 Å².